The van der Waals surface area contributed by atoms with Crippen LogP contribution in [-0.4, -0.2) is 21.1 Å². The highest BCUT2D eigenvalue weighted by Gasteiger charge is 2.19. The number of ether oxygens (including phenoxy) is 1. The van der Waals surface area contributed by atoms with Gasteiger partial charge >= 0.3 is 0 Å². The third-order valence-corrected chi connectivity index (χ3v) is 5.30. The van der Waals surface area contributed by atoms with Crippen molar-refractivity contribution in [3.8, 4) is 0 Å². The number of hydrogen-bond donors (Lipinski definition) is 0. The zero-order valence-electron chi connectivity index (χ0n) is 4.44. The van der Waals surface area contributed by atoms with Crippen molar-refractivity contribution in [3.63, 3.8) is 0 Å². The van der Waals surface area contributed by atoms with Crippen LogP contribution in [0.3, 0.4) is 0 Å². The van der Waals surface area contributed by atoms with Crippen LogP contribution in [0.4, 0.5) is 0 Å². The summed E-state index contributed by atoms with van der Waals surface area (Å²) in [6.07, 6.45) is 1.23. The van der Waals surface area contributed by atoms with Crippen LogP contribution in [0.5, 0.6) is 0 Å². The molecule has 1 fully saturated rings. The Hall–Kier alpha value is 1.42. The lowest BCUT2D eigenvalue weighted by Gasteiger charge is -2.22. The second-order valence-corrected chi connectivity index (χ2v) is 5.10. The first-order valence-electron chi connectivity index (χ1n) is 2.66. The van der Waals surface area contributed by atoms with Crippen LogP contribution >= 0.6 is 45.2 Å². The van der Waals surface area contributed by atoms with Crippen molar-refractivity contribution in [1.82, 2.24) is 0 Å². The SMILES string of the molecule is IC1CCOC[C@@H]1I. The summed E-state index contributed by atoms with van der Waals surface area (Å²) >= 11 is 4.95. The number of halogens is 2. The second-order valence-electron chi connectivity index (χ2n) is 1.90. The van der Waals surface area contributed by atoms with E-state index in [1.165, 1.54) is 6.42 Å². The van der Waals surface area contributed by atoms with Gasteiger partial charge in [0, 0.05) is 14.5 Å². The molecule has 1 saturated heterocycles. The van der Waals surface area contributed by atoms with Crippen molar-refractivity contribution in [2.75, 3.05) is 13.2 Å². The van der Waals surface area contributed by atoms with Crippen molar-refractivity contribution in [2.24, 2.45) is 0 Å². The molecular weight excluding hydrogens is 330 g/mol. The quantitative estimate of drug-likeness (QED) is 0.485. The van der Waals surface area contributed by atoms with Crippen LogP contribution in [0.2, 0.25) is 0 Å². The van der Waals surface area contributed by atoms with E-state index in [9.17, 15) is 0 Å². The van der Waals surface area contributed by atoms with Gasteiger partial charge in [0.25, 0.3) is 0 Å². The van der Waals surface area contributed by atoms with E-state index in [-0.39, 0.29) is 0 Å². The molecule has 0 aromatic rings. The van der Waals surface area contributed by atoms with Crippen molar-refractivity contribution in [1.29, 1.82) is 0 Å². The molecule has 0 aromatic carbocycles. The highest BCUT2D eigenvalue weighted by atomic mass is 127. The van der Waals surface area contributed by atoms with Crippen molar-refractivity contribution in [3.05, 3.63) is 0 Å². The lowest BCUT2D eigenvalue weighted by molar-refractivity contribution is 0.110. The Morgan fingerprint density at radius 2 is 2.00 bits per heavy atom. The monoisotopic (exact) mass is 338 g/mol. The molecule has 0 radical (unpaired) electrons. The molecule has 0 saturated carbocycles. The molecule has 8 heavy (non-hydrogen) atoms. The summed E-state index contributed by atoms with van der Waals surface area (Å²) in [6, 6.07) is 0. The average Bonchev–Trinajstić information content (AvgIpc) is 1.77. The summed E-state index contributed by atoms with van der Waals surface area (Å²) in [4.78, 5) is 0. The lowest BCUT2D eigenvalue weighted by Crippen LogP contribution is -2.27. The number of alkyl halides is 2. The van der Waals surface area contributed by atoms with Crippen LogP contribution in [0.25, 0.3) is 0 Å². The Bertz CT molecular complexity index is 66.8. The fourth-order valence-electron chi connectivity index (χ4n) is 0.677. The summed E-state index contributed by atoms with van der Waals surface area (Å²) in [5, 5.41) is 0. The fourth-order valence-corrected chi connectivity index (χ4v) is 1.75. The van der Waals surface area contributed by atoms with Crippen molar-refractivity contribution in [2.45, 2.75) is 14.3 Å². The first-order chi connectivity index (χ1) is 3.80. The summed E-state index contributed by atoms with van der Waals surface area (Å²) in [5.74, 6) is 0. The first-order valence-corrected chi connectivity index (χ1v) is 5.15. The molecule has 1 heterocycles. The van der Waals surface area contributed by atoms with Gasteiger partial charge in [0.1, 0.15) is 0 Å². The molecule has 0 bridgehead atoms. The Kier molecular flexibility index (Phi) is 3.34. The molecule has 0 N–H and O–H groups in total. The molecule has 2 atom stereocenters. The molecule has 1 aliphatic rings. The maximum absolute atomic E-state index is 5.24. The lowest BCUT2D eigenvalue weighted by atomic mass is 10.2. The molecule has 0 spiro atoms. The van der Waals surface area contributed by atoms with E-state index in [0.29, 0.717) is 0 Å². The molecule has 1 rings (SSSR count). The Labute approximate surface area is 76.8 Å². The molecule has 3 heteroatoms. The van der Waals surface area contributed by atoms with Gasteiger partial charge in [-0.15, -0.1) is 0 Å². The zero-order valence-corrected chi connectivity index (χ0v) is 8.76. The first kappa shape index (κ1) is 7.53. The summed E-state index contributed by atoms with van der Waals surface area (Å²) < 4.78 is 6.81. The van der Waals surface area contributed by atoms with Crippen LogP contribution in [0.1, 0.15) is 6.42 Å². The highest BCUT2D eigenvalue weighted by molar-refractivity contribution is 14.1. The van der Waals surface area contributed by atoms with Crippen LogP contribution in [0, 0.1) is 0 Å². The number of rotatable bonds is 0. The third-order valence-electron chi connectivity index (χ3n) is 1.21. The second kappa shape index (κ2) is 3.55. The minimum absolute atomic E-state index is 0.738. The van der Waals surface area contributed by atoms with E-state index in [0.717, 1.165) is 21.1 Å². The van der Waals surface area contributed by atoms with E-state index in [2.05, 4.69) is 45.2 Å². The summed E-state index contributed by atoms with van der Waals surface area (Å²) in [6.45, 7) is 1.92. The molecular formula is C5H8I2O. The predicted octanol–water partition coefficient (Wildman–Crippen LogP) is 2.01. The van der Waals surface area contributed by atoms with Gasteiger partial charge in [0.15, 0.2) is 0 Å². The molecule has 1 aliphatic heterocycles. The van der Waals surface area contributed by atoms with Gasteiger partial charge in [-0.05, 0) is 6.42 Å². The Morgan fingerprint density at radius 3 is 2.38 bits per heavy atom. The van der Waals surface area contributed by atoms with Crippen LogP contribution in [-0.2, 0) is 4.74 Å². The molecule has 1 nitrogen and oxygen atoms in total. The van der Waals surface area contributed by atoms with Gasteiger partial charge in [-0.1, -0.05) is 45.2 Å². The predicted molar refractivity (Wildman–Crippen MR) is 51.1 cm³/mol. The normalized spacial score (nSPS) is 39.8. The van der Waals surface area contributed by atoms with Gasteiger partial charge in [0.05, 0.1) is 6.61 Å². The minimum Gasteiger partial charge on any atom is -0.380 e. The van der Waals surface area contributed by atoms with E-state index in [4.69, 9.17) is 4.74 Å². The van der Waals surface area contributed by atoms with Gasteiger partial charge < -0.3 is 4.74 Å². The van der Waals surface area contributed by atoms with E-state index in [1.807, 2.05) is 0 Å². The van der Waals surface area contributed by atoms with Crippen molar-refractivity contribution >= 4 is 45.2 Å². The standard InChI is InChI=1S/C5H8I2O/c6-4-1-2-8-3-5(4)7/h4-5H,1-3H2/t4?,5-/m0/s1. The maximum Gasteiger partial charge on any atom is 0.0594 e. The average molecular weight is 338 g/mol. The van der Waals surface area contributed by atoms with Crippen LogP contribution in [0.15, 0.2) is 0 Å². The molecule has 48 valence electrons. The Morgan fingerprint density at radius 1 is 1.25 bits per heavy atom. The number of hydrogen-bond acceptors (Lipinski definition) is 1. The van der Waals surface area contributed by atoms with Gasteiger partial charge in [0.2, 0.25) is 0 Å². The van der Waals surface area contributed by atoms with Gasteiger partial charge in [-0.25, -0.2) is 0 Å². The van der Waals surface area contributed by atoms with Gasteiger partial charge in [-0.3, -0.25) is 0 Å². The smallest absolute Gasteiger partial charge is 0.0594 e. The summed E-state index contributed by atoms with van der Waals surface area (Å²) in [7, 11) is 0. The largest absolute Gasteiger partial charge is 0.380 e. The third kappa shape index (κ3) is 1.98. The van der Waals surface area contributed by atoms with E-state index in [1.54, 1.807) is 0 Å². The van der Waals surface area contributed by atoms with E-state index < -0.39 is 0 Å². The fraction of sp³-hybridized carbons (Fsp3) is 1.00. The molecule has 0 aliphatic carbocycles. The zero-order chi connectivity index (χ0) is 5.98. The minimum atomic E-state index is 0.738. The van der Waals surface area contributed by atoms with Gasteiger partial charge in [-0.2, -0.15) is 0 Å². The topological polar surface area (TPSA) is 9.23 Å². The molecule has 0 amide bonds. The molecule has 0 aromatic heterocycles. The summed E-state index contributed by atoms with van der Waals surface area (Å²) in [5.41, 5.74) is 0. The highest BCUT2D eigenvalue weighted by Crippen LogP contribution is 2.22. The van der Waals surface area contributed by atoms with Crippen molar-refractivity contribution < 1.29 is 4.74 Å². The van der Waals surface area contributed by atoms with Crippen LogP contribution < -0.4 is 0 Å². The maximum atomic E-state index is 5.24. The Balaban J connectivity index is 2.28. The van der Waals surface area contributed by atoms with E-state index >= 15 is 0 Å². The molecule has 1 unspecified atom stereocenters.